The average Bonchev–Trinajstić information content (AvgIpc) is 2.76. The molecule has 1 spiro atoms. The number of nitrogens with one attached hydrogen (secondary N) is 1. The van der Waals surface area contributed by atoms with E-state index < -0.39 is 0 Å². The van der Waals surface area contributed by atoms with Crippen molar-refractivity contribution in [3.63, 3.8) is 0 Å². The highest BCUT2D eigenvalue weighted by molar-refractivity contribution is 5.48. The molecule has 5 rings (SSSR count). The van der Waals surface area contributed by atoms with E-state index in [1.807, 2.05) is 0 Å². The Morgan fingerprint density at radius 2 is 1.43 bits per heavy atom. The first kappa shape index (κ1) is 20.8. The number of hydrogen-bond acceptors (Lipinski definition) is 3. The molecule has 2 saturated carbocycles. The van der Waals surface area contributed by atoms with Gasteiger partial charge in [-0.2, -0.15) is 0 Å². The summed E-state index contributed by atoms with van der Waals surface area (Å²) >= 11 is 0. The summed E-state index contributed by atoms with van der Waals surface area (Å²) in [6.45, 7) is 7.47. The maximum absolute atomic E-state index is 3.71. The number of benzene rings is 1. The van der Waals surface area contributed by atoms with Gasteiger partial charge in [0.15, 0.2) is 0 Å². The molecule has 166 valence electrons. The molecule has 3 nitrogen and oxygen atoms in total. The second-order valence-corrected chi connectivity index (χ2v) is 10.9. The maximum Gasteiger partial charge on any atom is 0.0366 e. The van der Waals surface area contributed by atoms with Crippen molar-refractivity contribution in [2.24, 2.45) is 11.3 Å². The van der Waals surface area contributed by atoms with Gasteiger partial charge in [-0.05, 0) is 100 Å². The van der Waals surface area contributed by atoms with Gasteiger partial charge in [-0.1, -0.05) is 37.8 Å². The largest absolute Gasteiger partial charge is 0.371 e. The monoisotopic (exact) mass is 409 g/mol. The molecule has 0 bridgehead atoms. The van der Waals surface area contributed by atoms with E-state index in [1.54, 1.807) is 0 Å². The lowest BCUT2D eigenvalue weighted by Crippen LogP contribution is -2.50. The van der Waals surface area contributed by atoms with E-state index in [4.69, 9.17) is 0 Å². The third kappa shape index (κ3) is 4.88. The van der Waals surface area contributed by atoms with Crippen molar-refractivity contribution < 1.29 is 0 Å². The zero-order valence-corrected chi connectivity index (χ0v) is 19.1. The molecule has 0 aromatic heterocycles. The molecule has 1 aromatic carbocycles. The highest BCUT2D eigenvalue weighted by Gasteiger charge is 2.39. The Morgan fingerprint density at radius 3 is 2.07 bits per heavy atom. The maximum atomic E-state index is 3.71. The zero-order valence-electron chi connectivity index (χ0n) is 19.1. The third-order valence-corrected chi connectivity index (χ3v) is 9.06. The van der Waals surface area contributed by atoms with Gasteiger partial charge in [0.05, 0.1) is 0 Å². The first-order valence-electron chi connectivity index (χ1n) is 13.1. The molecule has 30 heavy (non-hydrogen) atoms. The number of anilines is 1. The van der Waals surface area contributed by atoms with Gasteiger partial charge in [-0.15, -0.1) is 0 Å². The lowest BCUT2D eigenvalue weighted by atomic mass is 9.70. The van der Waals surface area contributed by atoms with Gasteiger partial charge in [0, 0.05) is 31.4 Å². The number of likely N-dealkylation sites (tertiary alicyclic amines) is 1. The molecule has 4 fully saturated rings. The van der Waals surface area contributed by atoms with Crippen molar-refractivity contribution in [2.75, 3.05) is 37.6 Å². The van der Waals surface area contributed by atoms with Crippen molar-refractivity contribution >= 4 is 5.69 Å². The fourth-order valence-corrected chi connectivity index (χ4v) is 6.49. The molecule has 1 N–H and O–H groups in total. The number of piperidine rings is 2. The molecule has 0 amide bonds. The van der Waals surface area contributed by atoms with Crippen LogP contribution in [0.15, 0.2) is 24.3 Å². The minimum Gasteiger partial charge on any atom is -0.371 e. The Kier molecular flexibility index (Phi) is 6.67. The molecule has 3 heteroatoms. The van der Waals surface area contributed by atoms with Crippen LogP contribution < -0.4 is 10.2 Å². The van der Waals surface area contributed by atoms with E-state index in [0.717, 1.165) is 18.5 Å². The normalized spacial score (nSPS) is 26.1. The topological polar surface area (TPSA) is 18.5 Å². The smallest absolute Gasteiger partial charge is 0.0366 e. The van der Waals surface area contributed by atoms with E-state index in [2.05, 4.69) is 39.4 Å². The summed E-state index contributed by atoms with van der Waals surface area (Å²) in [5.41, 5.74) is 3.53. The van der Waals surface area contributed by atoms with Gasteiger partial charge in [0.25, 0.3) is 0 Å². The molecule has 2 heterocycles. The van der Waals surface area contributed by atoms with Gasteiger partial charge in [0.1, 0.15) is 0 Å². The summed E-state index contributed by atoms with van der Waals surface area (Å²) in [5.74, 6) is 0.916. The number of hydrogen-bond donors (Lipinski definition) is 1. The minimum atomic E-state index is 0.653. The molecule has 2 aliphatic carbocycles. The van der Waals surface area contributed by atoms with Crippen LogP contribution in [0.5, 0.6) is 0 Å². The van der Waals surface area contributed by atoms with E-state index in [9.17, 15) is 0 Å². The van der Waals surface area contributed by atoms with Crippen LogP contribution in [-0.4, -0.2) is 43.7 Å². The van der Waals surface area contributed by atoms with Gasteiger partial charge in [-0.3, -0.25) is 0 Å². The summed E-state index contributed by atoms with van der Waals surface area (Å²) in [4.78, 5) is 5.45. The quantitative estimate of drug-likeness (QED) is 0.660. The van der Waals surface area contributed by atoms with E-state index >= 15 is 0 Å². The lowest BCUT2D eigenvalue weighted by molar-refractivity contribution is 0.0306. The van der Waals surface area contributed by atoms with Crippen LogP contribution in [0.4, 0.5) is 5.69 Å². The third-order valence-electron chi connectivity index (χ3n) is 9.06. The second-order valence-electron chi connectivity index (χ2n) is 10.9. The Balaban J connectivity index is 1.05. The number of nitrogens with zero attached hydrogens (tertiary/aromatic N) is 2. The predicted molar refractivity (Wildman–Crippen MR) is 127 cm³/mol. The second kappa shape index (κ2) is 9.61. The summed E-state index contributed by atoms with van der Waals surface area (Å²) in [7, 11) is 0. The first-order chi connectivity index (χ1) is 14.8. The van der Waals surface area contributed by atoms with Gasteiger partial charge in [-0.25, -0.2) is 0 Å². The summed E-state index contributed by atoms with van der Waals surface area (Å²) < 4.78 is 0. The van der Waals surface area contributed by atoms with Crippen LogP contribution in [0.25, 0.3) is 0 Å². The number of rotatable bonds is 6. The standard InChI is InChI=1S/C27H43N3/c1-2-5-23(6-3-1)21-28-22-24-9-11-26(12-10-24)30-19-15-27(16-20-30)13-17-29(18-14-27)25-7-4-8-25/h9-12,23,25,28H,1-8,13-22H2. The Morgan fingerprint density at radius 1 is 0.767 bits per heavy atom. The fraction of sp³-hybridized carbons (Fsp3) is 0.778. The first-order valence-corrected chi connectivity index (χ1v) is 13.1. The van der Waals surface area contributed by atoms with Crippen LogP contribution in [0.1, 0.15) is 82.6 Å². The average molecular weight is 410 g/mol. The molecule has 0 unspecified atom stereocenters. The SMILES string of the molecule is c1cc(N2CCC3(CC2)CCN(C2CCC2)CC3)ccc1CNCC1CCCCC1. The predicted octanol–water partition coefficient (Wildman–Crippen LogP) is 5.59. The van der Waals surface area contributed by atoms with Gasteiger partial charge in [0.2, 0.25) is 0 Å². The van der Waals surface area contributed by atoms with Crippen molar-refractivity contribution in [1.82, 2.24) is 10.2 Å². The molecular weight excluding hydrogens is 366 g/mol. The van der Waals surface area contributed by atoms with Crippen LogP contribution in [0, 0.1) is 11.3 Å². The fourth-order valence-electron chi connectivity index (χ4n) is 6.49. The summed E-state index contributed by atoms with van der Waals surface area (Å²) in [5, 5.41) is 3.71. The molecule has 2 aliphatic heterocycles. The van der Waals surface area contributed by atoms with Crippen LogP contribution in [0.2, 0.25) is 0 Å². The van der Waals surface area contributed by atoms with Gasteiger partial charge < -0.3 is 15.1 Å². The minimum absolute atomic E-state index is 0.653. The lowest BCUT2D eigenvalue weighted by Gasteiger charge is -2.50. The molecular formula is C27H43N3. The molecule has 1 aromatic rings. The zero-order chi connectivity index (χ0) is 20.2. The summed E-state index contributed by atoms with van der Waals surface area (Å²) in [6, 6.07) is 10.4. The van der Waals surface area contributed by atoms with Crippen molar-refractivity contribution in [3.8, 4) is 0 Å². The van der Waals surface area contributed by atoms with Crippen LogP contribution in [0.3, 0.4) is 0 Å². The van der Waals surface area contributed by atoms with Crippen LogP contribution >= 0.6 is 0 Å². The Hall–Kier alpha value is -1.06. The summed E-state index contributed by atoms with van der Waals surface area (Å²) in [6.07, 6.45) is 17.3. The molecule has 2 saturated heterocycles. The van der Waals surface area contributed by atoms with Crippen LogP contribution in [-0.2, 0) is 6.54 Å². The van der Waals surface area contributed by atoms with Crippen molar-refractivity contribution in [1.29, 1.82) is 0 Å². The highest BCUT2D eigenvalue weighted by Crippen LogP contribution is 2.43. The molecule has 4 aliphatic rings. The van der Waals surface area contributed by atoms with E-state index in [0.29, 0.717) is 5.41 Å². The Labute approximate surface area is 184 Å². The molecule has 0 radical (unpaired) electrons. The van der Waals surface area contributed by atoms with Crippen molar-refractivity contribution in [3.05, 3.63) is 29.8 Å². The Bertz CT molecular complexity index is 641. The van der Waals surface area contributed by atoms with E-state index in [1.165, 1.54) is 121 Å². The van der Waals surface area contributed by atoms with E-state index in [-0.39, 0.29) is 0 Å². The highest BCUT2D eigenvalue weighted by atomic mass is 15.2. The van der Waals surface area contributed by atoms with Crippen molar-refractivity contribution in [2.45, 2.75) is 89.6 Å². The van der Waals surface area contributed by atoms with Gasteiger partial charge >= 0.3 is 0 Å². The molecule has 0 atom stereocenters.